The fourth-order valence-electron chi connectivity index (χ4n) is 1.53. The maximum absolute atomic E-state index is 11.3. The average molecular weight is 241 g/mol. The summed E-state index contributed by atoms with van der Waals surface area (Å²) in [4.78, 5) is 23.4. The number of aryl methyl sites for hydroxylation is 1. The van der Waals surface area contributed by atoms with Gasteiger partial charge in [-0.25, -0.2) is 4.79 Å². The van der Waals surface area contributed by atoms with Crippen LogP contribution in [0.3, 0.4) is 0 Å². The Bertz CT molecular complexity index is 423. The lowest BCUT2D eigenvalue weighted by Gasteiger charge is -2.03. The van der Waals surface area contributed by atoms with Crippen molar-refractivity contribution in [3.63, 3.8) is 0 Å². The summed E-state index contributed by atoms with van der Waals surface area (Å²) in [6.45, 7) is 5.52. The number of rotatable bonds is 4. The van der Waals surface area contributed by atoms with Crippen molar-refractivity contribution in [3.05, 3.63) is 16.0 Å². The van der Waals surface area contributed by atoms with Crippen LogP contribution in [-0.4, -0.2) is 17.0 Å². The van der Waals surface area contributed by atoms with Crippen LogP contribution in [0.4, 0.5) is 5.00 Å². The van der Waals surface area contributed by atoms with Gasteiger partial charge in [0.05, 0.1) is 5.56 Å². The first-order chi connectivity index (χ1) is 7.51. The zero-order valence-electron chi connectivity index (χ0n) is 9.59. The number of thiophene rings is 1. The van der Waals surface area contributed by atoms with Crippen LogP contribution in [0.5, 0.6) is 0 Å². The Hall–Kier alpha value is -1.36. The highest BCUT2D eigenvalue weighted by Crippen LogP contribution is 2.33. The Morgan fingerprint density at radius 1 is 1.38 bits per heavy atom. The minimum Gasteiger partial charge on any atom is -0.478 e. The molecule has 88 valence electrons. The van der Waals surface area contributed by atoms with Crippen molar-refractivity contribution in [3.8, 4) is 0 Å². The third-order valence-electron chi connectivity index (χ3n) is 2.35. The lowest BCUT2D eigenvalue weighted by Crippen LogP contribution is -2.12. The monoisotopic (exact) mass is 241 g/mol. The summed E-state index contributed by atoms with van der Waals surface area (Å²) < 4.78 is 0. The van der Waals surface area contributed by atoms with Gasteiger partial charge in [0.15, 0.2) is 0 Å². The third-order valence-corrected chi connectivity index (χ3v) is 3.41. The normalized spacial score (nSPS) is 10.2. The van der Waals surface area contributed by atoms with Gasteiger partial charge in [0.1, 0.15) is 5.00 Å². The Labute approximate surface area is 98.3 Å². The van der Waals surface area contributed by atoms with E-state index >= 15 is 0 Å². The van der Waals surface area contributed by atoms with Gasteiger partial charge in [-0.15, -0.1) is 11.3 Å². The molecule has 0 unspecified atom stereocenters. The summed E-state index contributed by atoms with van der Waals surface area (Å²) in [7, 11) is 0. The first-order valence-electron chi connectivity index (χ1n) is 5.16. The van der Waals surface area contributed by atoms with Crippen LogP contribution in [0.15, 0.2) is 0 Å². The summed E-state index contributed by atoms with van der Waals surface area (Å²) in [5.41, 5.74) is 1.05. The number of carbonyl (C=O) groups excluding carboxylic acids is 1. The molecule has 0 aliphatic heterocycles. The molecule has 1 amide bonds. The van der Waals surface area contributed by atoms with Gasteiger partial charge in [0.2, 0.25) is 5.91 Å². The molecule has 1 rings (SSSR count). The van der Waals surface area contributed by atoms with Gasteiger partial charge >= 0.3 is 5.97 Å². The molecule has 5 heteroatoms. The van der Waals surface area contributed by atoms with Crippen molar-refractivity contribution in [1.29, 1.82) is 0 Å². The van der Waals surface area contributed by atoms with Gasteiger partial charge in [0.25, 0.3) is 0 Å². The summed E-state index contributed by atoms with van der Waals surface area (Å²) >= 11 is 1.32. The summed E-state index contributed by atoms with van der Waals surface area (Å²) in [6, 6.07) is 0. The van der Waals surface area contributed by atoms with Gasteiger partial charge in [-0.05, 0) is 18.9 Å². The van der Waals surface area contributed by atoms with Crippen LogP contribution in [0.1, 0.15) is 41.1 Å². The van der Waals surface area contributed by atoms with E-state index in [1.165, 1.54) is 11.3 Å². The van der Waals surface area contributed by atoms with Crippen molar-refractivity contribution in [2.45, 2.75) is 33.6 Å². The highest BCUT2D eigenvalue weighted by molar-refractivity contribution is 7.16. The van der Waals surface area contributed by atoms with Crippen molar-refractivity contribution in [1.82, 2.24) is 0 Å². The van der Waals surface area contributed by atoms with Crippen LogP contribution < -0.4 is 5.32 Å². The molecule has 1 heterocycles. The van der Waals surface area contributed by atoms with E-state index in [4.69, 9.17) is 5.11 Å². The molecule has 4 nitrogen and oxygen atoms in total. The Morgan fingerprint density at radius 2 is 2.00 bits per heavy atom. The van der Waals surface area contributed by atoms with Crippen LogP contribution in [-0.2, 0) is 11.2 Å². The summed E-state index contributed by atoms with van der Waals surface area (Å²) in [5, 5.41) is 12.2. The van der Waals surface area contributed by atoms with Crippen LogP contribution >= 0.6 is 11.3 Å². The molecule has 0 bridgehead atoms. The Morgan fingerprint density at radius 3 is 2.44 bits per heavy atom. The van der Waals surface area contributed by atoms with Crippen molar-refractivity contribution in [2.24, 2.45) is 0 Å². The Kier molecular flexibility index (Phi) is 4.06. The second-order valence-electron chi connectivity index (χ2n) is 3.40. The zero-order valence-corrected chi connectivity index (χ0v) is 10.4. The van der Waals surface area contributed by atoms with Crippen molar-refractivity contribution < 1.29 is 14.7 Å². The number of hydrogen-bond donors (Lipinski definition) is 2. The molecule has 0 atom stereocenters. The van der Waals surface area contributed by atoms with Gasteiger partial charge in [0, 0.05) is 11.3 Å². The maximum Gasteiger partial charge on any atom is 0.339 e. The maximum atomic E-state index is 11.3. The number of anilines is 1. The largest absolute Gasteiger partial charge is 0.478 e. The number of nitrogens with one attached hydrogen (secondary N) is 1. The highest BCUT2D eigenvalue weighted by atomic mass is 32.1. The number of carboxylic acid groups (broad SMARTS) is 1. The van der Waals surface area contributed by atoms with E-state index in [2.05, 4.69) is 5.32 Å². The van der Waals surface area contributed by atoms with Crippen LogP contribution in [0, 0.1) is 6.92 Å². The molecule has 0 spiro atoms. The van der Waals surface area contributed by atoms with E-state index < -0.39 is 5.97 Å². The highest BCUT2D eigenvalue weighted by Gasteiger charge is 2.21. The lowest BCUT2D eigenvalue weighted by atomic mass is 10.1. The van der Waals surface area contributed by atoms with Gasteiger partial charge in [-0.2, -0.15) is 0 Å². The Balaban J connectivity index is 3.18. The first-order valence-corrected chi connectivity index (χ1v) is 5.98. The molecule has 2 N–H and O–H groups in total. The molecule has 0 saturated heterocycles. The number of aromatic carboxylic acids is 1. The standard InChI is InChI=1S/C11H15NO3S/c1-4-7-6(3)16-10(9(7)11(14)15)12-8(13)5-2/h4-5H2,1-3H3,(H,12,13)(H,14,15). The summed E-state index contributed by atoms with van der Waals surface area (Å²) in [5.74, 6) is -1.14. The zero-order chi connectivity index (χ0) is 12.3. The van der Waals surface area contributed by atoms with E-state index in [0.717, 1.165) is 10.4 Å². The average Bonchev–Trinajstić information content (AvgIpc) is 2.54. The van der Waals surface area contributed by atoms with E-state index in [0.29, 0.717) is 17.8 Å². The number of hydrogen-bond acceptors (Lipinski definition) is 3. The van der Waals surface area contributed by atoms with E-state index in [-0.39, 0.29) is 11.5 Å². The van der Waals surface area contributed by atoms with E-state index in [9.17, 15) is 9.59 Å². The molecule has 1 aromatic heterocycles. The molecule has 0 saturated carbocycles. The third kappa shape index (κ3) is 2.41. The van der Waals surface area contributed by atoms with E-state index in [1.807, 2.05) is 13.8 Å². The second kappa shape index (κ2) is 5.12. The van der Waals surface area contributed by atoms with Crippen LogP contribution in [0.25, 0.3) is 0 Å². The number of amides is 1. The van der Waals surface area contributed by atoms with Crippen LogP contribution in [0.2, 0.25) is 0 Å². The molecule has 16 heavy (non-hydrogen) atoms. The molecule has 1 aromatic rings. The minimum absolute atomic E-state index is 0.161. The van der Waals surface area contributed by atoms with Gasteiger partial charge < -0.3 is 10.4 Å². The van der Waals surface area contributed by atoms with Gasteiger partial charge in [-0.1, -0.05) is 13.8 Å². The quantitative estimate of drug-likeness (QED) is 0.851. The fourth-order valence-corrected chi connectivity index (χ4v) is 2.69. The second-order valence-corrected chi connectivity index (χ2v) is 4.63. The first kappa shape index (κ1) is 12.7. The minimum atomic E-state index is -0.979. The van der Waals surface area contributed by atoms with Gasteiger partial charge in [-0.3, -0.25) is 4.79 Å². The molecular weight excluding hydrogens is 226 g/mol. The molecule has 0 aliphatic rings. The topological polar surface area (TPSA) is 66.4 Å². The molecule has 0 aliphatic carbocycles. The molecule has 0 radical (unpaired) electrons. The van der Waals surface area contributed by atoms with Crippen molar-refractivity contribution in [2.75, 3.05) is 5.32 Å². The smallest absolute Gasteiger partial charge is 0.339 e. The lowest BCUT2D eigenvalue weighted by molar-refractivity contribution is -0.115. The molecule has 0 fully saturated rings. The number of carbonyl (C=O) groups is 2. The predicted octanol–water partition coefficient (Wildman–Crippen LogP) is 2.67. The van der Waals surface area contributed by atoms with Crippen molar-refractivity contribution >= 4 is 28.2 Å². The SMILES string of the molecule is CCC(=O)Nc1sc(C)c(CC)c1C(=O)O. The number of carboxylic acids is 1. The molecular formula is C11H15NO3S. The van der Waals surface area contributed by atoms with E-state index in [1.54, 1.807) is 6.92 Å². The fraction of sp³-hybridized carbons (Fsp3) is 0.455. The predicted molar refractivity (Wildman–Crippen MR) is 64.3 cm³/mol. The molecule has 0 aromatic carbocycles. The summed E-state index contributed by atoms with van der Waals surface area (Å²) in [6.07, 6.45) is 1.00.